The first-order chi connectivity index (χ1) is 10.2. The van der Waals surface area contributed by atoms with Gasteiger partial charge >= 0.3 is 0 Å². The summed E-state index contributed by atoms with van der Waals surface area (Å²) in [4.78, 5) is 16.0. The smallest absolute Gasteiger partial charge is 0.254 e. The zero-order chi connectivity index (χ0) is 14.4. The Hall–Kier alpha value is -1.73. The molecule has 4 rings (SSSR count). The van der Waals surface area contributed by atoms with E-state index in [1.165, 1.54) is 26.2 Å². The van der Waals surface area contributed by atoms with Crippen molar-refractivity contribution in [1.29, 1.82) is 0 Å². The van der Waals surface area contributed by atoms with Gasteiger partial charge in [-0.2, -0.15) is 14.6 Å². The summed E-state index contributed by atoms with van der Waals surface area (Å²) in [5.41, 5.74) is 0.994. The molecule has 0 N–H and O–H groups in total. The van der Waals surface area contributed by atoms with E-state index >= 15 is 0 Å². The predicted octanol–water partition coefficient (Wildman–Crippen LogP) is -0.131. The summed E-state index contributed by atoms with van der Waals surface area (Å²) < 4.78 is 1.84. The van der Waals surface area contributed by atoms with Gasteiger partial charge in [0.15, 0.2) is 0 Å². The first-order valence-corrected chi connectivity index (χ1v) is 7.55. The second-order valence-corrected chi connectivity index (χ2v) is 6.13. The number of likely N-dealkylation sites (N-methyl/N-ethyl adjacent to an activating group) is 1. The van der Waals surface area contributed by atoms with Crippen LogP contribution in [0.15, 0.2) is 12.4 Å². The van der Waals surface area contributed by atoms with Gasteiger partial charge < -0.3 is 9.80 Å². The fraction of sp³-hybridized carbons (Fsp3) is 0.643. The predicted molar refractivity (Wildman–Crippen MR) is 80.6 cm³/mol. The van der Waals surface area contributed by atoms with Crippen molar-refractivity contribution in [2.75, 3.05) is 51.2 Å². The number of aryl methyl sites for hydroxylation is 1. The minimum Gasteiger partial charge on any atom is -0.353 e. The lowest BCUT2D eigenvalue weighted by Gasteiger charge is -2.48. The largest absolute Gasteiger partial charge is 0.353 e. The summed E-state index contributed by atoms with van der Waals surface area (Å²) in [6.45, 7) is 8.88. The van der Waals surface area contributed by atoms with Crippen LogP contribution in [0.2, 0.25) is 0 Å². The van der Waals surface area contributed by atoms with Gasteiger partial charge in [0.1, 0.15) is 12.1 Å². The molecule has 4 heterocycles. The minimum atomic E-state index is 0.672. The van der Waals surface area contributed by atoms with E-state index in [2.05, 4.69) is 42.9 Å². The first-order valence-electron chi connectivity index (χ1n) is 7.55. The van der Waals surface area contributed by atoms with Gasteiger partial charge in [-0.25, -0.2) is 4.98 Å². The molecule has 0 saturated carbocycles. The van der Waals surface area contributed by atoms with Gasteiger partial charge in [0.25, 0.3) is 5.78 Å². The van der Waals surface area contributed by atoms with Crippen molar-refractivity contribution in [1.82, 2.24) is 29.4 Å². The molecule has 7 nitrogen and oxygen atoms in total. The number of piperazine rings is 1. The molecule has 0 bridgehead atoms. The van der Waals surface area contributed by atoms with Crippen molar-refractivity contribution in [2.45, 2.75) is 13.0 Å². The molecule has 2 saturated heterocycles. The number of aromatic nitrogens is 4. The van der Waals surface area contributed by atoms with E-state index in [0.29, 0.717) is 11.8 Å². The average Bonchev–Trinajstić information content (AvgIpc) is 2.87. The van der Waals surface area contributed by atoms with Crippen molar-refractivity contribution in [2.24, 2.45) is 0 Å². The number of nitrogens with zero attached hydrogens (tertiary/aromatic N) is 7. The summed E-state index contributed by atoms with van der Waals surface area (Å²) in [6, 6.07) is 2.77. The summed E-state index contributed by atoms with van der Waals surface area (Å²) >= 11 is 0. The Morgan fingerprint density at radius 3 is 2.67 bits per heavy atom. The molecule has 0 amide bonds. The van der Waals surface area contributed by atoms with Gasteiger partial charge in [-0.3, -0.25) is 4.90 Å². The van der Waals surface area contributed by atoms with Crippen LogP contribution in [0.4, 0.5) is 5.82 Å². The van der Waals surface area contributed by atoms with Crippen LogP contribution in [0.3, 0.4) is 0 Å². The van der Waals surface area contributed by atoms with Gasteiger partial charge in [-0.05, 0) is 14.0 Å². The number of hydrogen-bond donors (Lipinski definition) is 0. The quantitative estimate of drug-likeness (QED) is 0.767. The van der Waals surface area contributed by atoms with Crippen LogP contribution >= 0.6 is 0 Å². The van der Waals surface area contributed by atoms with Gasteiger partial charge in [-0.15, -0.1) is 0 Å². The molecule has 2 aromatic rings. The van der Waals surface area contributed by atoms with E-state index in [1.807, 2.05) is 11.4 Å². The van der Waals surface area contributed by atoms with Crippen LogP contribution < -0.4 is 4.90 Å². The van der Waals surface area contributed by atoms with Crippen molar-refractivity contribution in [3.63, 3.8) is 0 Å². The van der Waals surface area contributed by atoms with Gasteiger partial charge in [0.05, 0.1) is 0 Å². The third-order valence-corrected chi connectivity index (χ3v) is 4.60. The molecule has 112 valence electrons. The molecule has 2 aliphatic rings. The second-order valence-electron chi connectivity index (χ2n) is 6.13. The van der Waals surface area contributed by atoms with Crippen molar-refractivity contribution in [3.05, 3.63) is 18.1 Å². The van der Waals surface area contributed by atoms with Gasteiger partial charge in [0.2, 0.25) is 0 Å². The summed E-state index contributed by atoms with van der Waals surface area (Å²) in [5, 5.41) is 4.29. The Labute approximate surface area is 124 Å². The van der Waals surface area contributed by atoms with Gasteiger partial charge in [-0.1, -0.05) is 0 Å². The highest BCUT2D eigenvalue weighted by Crippen LogP contribution is 2.24. The highest BCUT2D eigenvalue weighted by Gasteiger charge is 2.34. The zero-order valence-electron chi connectivity index (χ0n) is 12.6. The molecule has 2 fully saturated rings. The Bertz CT molecular complexity index is 638. The van der Waals surface area contributed by atoms with Crippen molar-refractivity contribution < 1.29 is 0 Å². The SMILES string of the molecule is Cc1cc(N2CC(N3CCN(C)CC3)C2)n2ncnc2n1. The molecule has 0 atom stereocenters. The maximum Gasteiger partial charge on any atom is 0.254 e. The lowest BCUT2D eigenvalue weighted by molar-refractivity contribution is 0.0959. The Kier molecular flexibility index (Phi) is 3.04. The van der Waals surface area contributed by atoms with Crippen LogP contribution in [0.5, 0.6) is 0 Å². The maximum absolute atomic E-state index is 4.40. The average molecular weight is 287 g/mol. The number of anilines is 1. The van der Waals surface area contributed by atoms with E-state index < -0.39 is 0 Å². The third kappa shape index (κ3) is 2.26. The van der Waals surface area contributed by atoms with Crippen LogP contribution in [0.25, 0.3) is 5.78 Å². The number of rotatable bonds is 2. The fourth-order valence-corrected chi connectivity index (χ4v) is 3.20. The van der Waals surface area contributed by atoms with Crippen LogP contribution in [0, 0.1) is 6.92 Å². The van der Waals surface area contributed by atoms with Crippen molar-refractivity contribution in [3.8, 4) is 0 Å². The topological polar surface area (TPSA) is 52.8 Å². The van der Waals surface area contributed by atoms with Gasteiger partial charge in [0, 0.05) is 57.1 Å². The standard InChI is InChI=1S/C14H21N7/c1-11-7-13(21-14(17-11)15-10-16-21)20-8-12(9-20)19-5-3-18(2)4-6-19/h7,10,12H,3-6,8-9H2,1-2H3. The van der Waals surface area contributed by atoms with Crippen molar-refractivity contribution >= 4 is 11.6 Å². The first kappa shape index (κ1) is 13.0. The van der Waals surface area contributed by atoms with E-state index in [0.717, 1.165) is 24.6 Å². The van der Waals surface area contributed by atoms with E-state index in [-0.39, 0.29) is 0 Å². The highest BCUT2D eigenvalue weighted by atomic mass is 15.4. The lowest BCUT2D eigenvalue weighted by atomic mass is 10.1. The molecule has 21 heavy (non-hydrogen) atoms. The second kappa shape index (κ2) is 4.92. The molecule has 0 radical (unpaired) electrons. The number of fused-ring (bicyclic) bond motifs is 1. The summed E-state index contributed by atoms with van der Waals surface area (Å²) in [5.74, 6) is 1.80. The molecular weight excluding hydrogens is 266 g/mol. The summed E-state index contributed by atoms with van der Waals surface area (Å²) in [6.07, 6.45) is 1.57. The van der Waals surface area contributed by atoms with E-state index in [9.17, 15) is 0 Å². The van der Waals surface area contributed by atoms with Crippen LogP contribution in [-0.2, 0) is 0 Å². The highest BCUT2D eigenvalue weighted by molar-refractivity contribution is 5.49. The zero-order valence-corrected chi connectivity index (χ0v) is 12.6. The maximum atomic E-state index is 4.40. The lowest BCUT2D eigenvalue weighted by Crippen LogP contribution is -2.63. The molecule has 7 heteroatoms. The summed E-state index contributed by atoms with van der Waals surface area (Å²) in [7, 11) is 2.20. The third-order valence-electron chi connectivity index (χ3n) is 4.60. The molecule has 2 aliphatic heterocycles. The Morgan fingerprint density at radius 2 is 1.90 bits per heavy atom. The molecular formula is C14H21N7. The normalized spacial score (nSPS) is 21.9. The molecule has 0 aromatic carbocycles. The molecule has 0 unspecified atom stereocenters. The molecule has 0 aliphatic carbocycles. The van der Waals surface area contributed by atoms with Crippen LogP contribution in [0.1, 0.15) is 5.69 Å². The van der Waals surface area contributed by atoms with E-state index in [1.54, 1.807) is 6.33 Å². The molecule has 2 aromatic heterocycles. The number of hydrogen-bond acceptors (Lipinski definition) is 6. The monoisotopic (exact) mass is 287 g/mol. The Morgan fingerprint density at radius 1 is 1.14 bits per heavy atom. The fourth-order valence-electron chi connectivity index (χ4n) is 3.20. The van der Waals surface area contributed by atoms with Crippen LogP contribution in [-0.4, -0.2) is 81.7 Å². The molecule has 0 spiro atoms. The Balaban J connectivity index is 1.48. The minimum absolute atomic E-state index is 0.672. The van der Waals surface area contributed by atoms with E-state index in [4.69, 9.17) is 0 Å².